The summed E-state index contributed by atoms with van der Waals surface area (Å²) in [6.45, 7) is 0. The maximum atomic E-state index is 8.74. The van der Waals surface area contributed by atoms with Gasteiger partial charge in [0.15, 0.2) is 0 Å². The molecule has 0 saturated heterocycles. The van der Waals surface area contributed by atoms with Gasteiger partial charge in [0.1, 0.15) is 0 Å². The molecule has 4 N–H and O–H groups in total. The number of hydrogen-bond donors (Lipinski definition) is 4. The molecule has 0 atom stereocenters. The molecule has 5 heteroatoms. The fourth-order valence-corrected chi connectivity index (χ4v) is 1.52. The molecule has 0 amide bonds. The Balaban J connectivity index is 3.30. The molecule has 0 unspecified atom stereocenters. The van der Waals surface area contributed by atoms with Crippen molar-refractivity contribution < 1.29 is 18.2 Å². The average molecular weight is 152 g/mol. The summed E-state index contributed by atoms with van der Waals surface area (Å²) in [6, 6.07) is 0. The van der Waals surface area contributed by atoms with Crippen molar-refractivity contribution in [3.63, 3.8) is 0 Å². The molecule has 0 saturated carbocycles. The molecule has 0 bridgehead atoms. The Labute approximate surface area is 51.5 Å². The Hall–Kier alpha value is -0.330. The molecule has 9 heavy (non-hydrogen) atoms. The van der Waals surface area contributed by atoms with Crippen molar-refractivity contribution in [2.75, 3.05) is 0 Å². The third kappa shape index (κ3) is 1.54. The second kappa shape index (κ2) is 0.979. The summed E-state index contributed by atoms with van der Waals surface area (Å²) in [5.74, 6) is 0. The molecule has 1 aliphatic rings. The first kappa shape index (κ1) is 6.79. The SMILES string of the molecule is OS1(O)(O)(O)C=CC=C1. The summed E-state index contributed by atoms with van der Waals surface area (Å²) in [6.07, 6.45) is 2.31. The largest absolute Gasteiger partial charge is 0.304 e. The molecular weight excluding hydrogens is 144 g/mol. The van der Waals surface area contributed by atoms with Crippen molar-refractivity contribution in [3.8, 4) is 0 Å². The highest BCUT2D eigenvalue weighted by molar-refractivity contribution is 8.52. The van der Waals surface area contributed by atoms with Gasteiger partial charge in [0.05, 0.1) is 9.42 Å². The van der Waals surface area contributed by atoms with E-state index in [1.54, 1.807) is 0 Å². The predicted octanol–water partition coefficient (Wildman–Crippen LogP) is 1.80. The Morgan fingerprint density at radius 2 is 1.11 bits per heavy atom. The summed E-state index contributed by atoms with van der Waals surface area (Å²) in [4.78, 5) is 0. The van der Waals surface area contributed by atoms with Gasteiger partial charge >= 0.3 is 0 Å². The first-order valence-electron chi connectivity index (χ1n) is 2.20. The maximum absolute atomic E-state index is 8.74. The number of hydrogen-bond acceptors (Lipinski definition) is 4. The summed E-state index contributed by atoms with van der Waals surface area (Å²) >= 11 is 0. The van der Waals surface area contributed by atoms with Crippen LogP contribution in [0, 0.1) is 0 Å². The van der Waals surface area contributed by atoms with Crippen LogP contribution in [0.3, 0.4) is 0 Å². The van der Waals surface area contributed by atoms with Crippen LogP contribution in [-0.4, -0.2) is 18.2 Å². The second-order valence-electron chi connectivity index (χ2n) is 2.13. The highest BCUT2D eigenvalue weighted by atomic mass is 32.4. The molecule has 54 valence electrons. The molecule has 4 nitrogen and oxygen atoms in total. The second-order valence-corrected chi connectivity index (χ2v) is 5.61. The summed E-state index contributed by atoms with van der Waals surface area (Å²) in [5.41, 5.74) is 0. The summed E-state index contributed by atoms with van der Waals surface area (Å²) in [5, 5.41) is 1.14. The number of allylic oxidation sites excluding steroid dienone is 2. The molecule has 0 aromatic heterocycles. The maximum Gasteiger partial charge on any atom is 0.0541 e. The Morgan fingerprint density at radius 3 is 1.22 bits per heavy atom. The molecule has 0 aromatic carbocycles. The molecule has 0 aromatic rings. The lowest BCUT2D eigenvalue weighted by molar-refractivity contribution is 0.233. The van der Waals surface area contributed by atoms with Crippen LogP contribution in [-0.2, 0) is 0 Å². The standard InChI is InChI=1S/C4H8O4S/c5-9(6,7,8)3-1-2-4-9/h1-8H. The van der Waals surface area contributed by atoms with Crippen molar-refractivity contribution in [2.24, 2.45) is 0 Å². The fourth-order valence-electron chi connectivity index (χ4n) is 0.508. The third-order valence-electron chi connectivity index (χ3n) is 0.912. The summed E-state index contributed by atoms with van der Waals surface area (Å²) in [7, 11) is -5.78. The van der Waals surface area contributed by atoms with E-state index in [-0.39, 0.29) is 0 Å². The van der Waals surface area contributed by atoms with E-state index in [2.05, 4.69) is 0 Å². The van der Waals surface area contributed by atoms with Crippen LogP contribution in [0.5, 0.6) is 0 Å². The molecule has 1 heterocycles. The quantitative estimate of drug-likeness (QED) is 0.426. The predicted molar refractivity (Wildman–Crippen MR) is 36.4 cm³/mol. The van der Waals surface area contributed by atoms with Crippen LogP contribution in [0.25, 0.3) is 0 Å². The average Bonchev–Trinajstić information content (AvgIpc) is 1.77. The Morgan fingerprint density at radius 1 is 0.778 bits per heavy atom. The lowest BCUT2D eigenvalue weighted by Gasteiger charge is -2.55. The van der Waals surface area contributed by atoms with Crippen molar-refractivity contribution in [2.45, 2.75) is 0 Å². The van der Waals surface area contributed by atoms with Crippen molar-refractivity contribution >= 4 is 9.42 Å². The molecule has 0 radical (unpaired) electrons. The van der Waals surface area contributed by atoms with Gasteiger partial charge in [0.25, 0.3) is 0 Å². The van der Waals surface area contributed by atoms with Gasteiger partial charge in [-0.1, -0.05) is 0 Å². The van der Waals surface area contributed by atoms with Crippen LogP contribution in [0.4, 0.5) is 0 Å². The van der Waals surface area contributed by atoms with Gasteiger partial charge in [-0.15, -0.1) is 0 Å². The molecule has 1 aliphatic heterocycles. The van der Waals surface area contributed by atoms with Crippen molar-refractivity contribution in [1.29, 1.82) is 0 Å². The van der Waals surface area contributed by atoms with Crippen LogP contribution in [0.15, 0.2) is 23.0 Å². The first-order valence-corrected chi connectivity index (χ1v) is 4.61. The van der Waals surface area contributed by atoms with E-state index < -0.39 is 9.42 Å². The Kier molecular flexibility index (Phi) is 0.738. The van der Waals surface area contributed by atoms with E-state index in [0.29, 0.717) is 10.8 Å². The fraction of sp³-hybridized carbons (Fsp3) is 0. The van der Waals surface area contributed by atoms with Crippen LogP contribution in [0.2, 0.25) is 0 Å². The van der Waals surface area contributed by atoms with Crippen molar-refractivity contribution in [1.82, 2.24) is 0 Å². The first-order chi connectivity index (χ1) is 3.71. The van der Waals surface area contributed by atoms with Gasteiger partial charge in [-0.3, -0.25) is 0 Å². The minimum atomic E-state index is -5.78. The van der Waals surface area contributed by atoms with E-state index >= 15 is 0 Å². The minimum absolute atomic E-state index is 0.569. The van der Waals surface area contributed by atoms with E-state index in [1.807, 2.05) is 0 Å². The smallest absolute Gasteiger partial charge is 0.0541 e. The number of rotatable bonds is 0. The molecular formula is C4H8O4S. The van der Waals surface area contributed by atoms with Crippen LogP contribution in [0.1, 0.15) is 0 Å². The van der Waals surface area contributed by atoms with Crippen molar-refractivity contribution in [3.05, 3.63) is 23.0 Å². The van der Waals surface area contributed by atoms with Gasteiger partial charge in [-0.05, 0) is 12.2 Å². The topological polar surface area (TPSA) is 80.9 Å². The van der Waals surface area contributed by atoms with Gasteiger partial charge in [-0.2, -0.15) is 0 Å². The molecule has 1 rings (SSSR count). The van der Waals surface area contributed by atoms with Gasteiger partial charge in [0, 0.05) is 10.8 Å². The minimum Gasteiger partial charge on any atom is -0.304 e. The molecule has 0 aliphatic carbocycles. The van der Waals surface area contributed by atoms with E-state index in [1.165, 1.54) is 0 Å². The lowest BCUT2D eigenvalue weighted by atomic mass is 10.6. The van der Waals surface area contributed by atoms with E-state index in [0.717, 1.165) is 12.2 Å². The molecule has 0 fully saturated rings. The van der Waals surface area contributed by atoms with Gasteiger partial charge in [-0.25, -0.2) is 0 Å². The van der Waals surface area contributed by atoms with E-state index in [4.69, 9.17) is 18.2 Å². The zero-order valence-electron chi connectivity index (χ0n) is 4.51. The van der Waals surface area contributed by atoms with E-state index in [9.17, 15) is 0 Å². The highest BCUT2D eigenvalue weighted by Crippen LogP contribution is 2.80. The summed E-state index contributed by atoms with van der Waals surface area (Å²) < 4.78 is 34.9. The molecule has 0 spiro atoms. The monoisotopic (exact) mass is 152 g/mol. The third-order valence-corrected chi connectivity index (χ3v) is 2.51. The normalized spacial score (nSPS) is 40.4. The lowest BCUT2D eigenvalue weighted by Crippen LogP contribution is -2.26. The van der Waals surface area contributed by atoms with Crippen LogP contribution >= 0.6 is 9.42 Å². The zero-order valence-corrected chi connectivity index (χ0v) is 5.32. The Bertz CT molecular complexity index is 187. The van der Waals surface area contributed by atoms with Crippen LogP contribution < -0.4 is 0 Å². The van der Waals surface area contributed by atoms with Gasteiger partial charge in [0.2, 0.25) is 0 Å². The zero-order chi connectivity index (χ0) is 7.24. The van der Waals surface area contributed by atoms with Gasteiger partial charge < -0.3 is 18.2 Å². The highest BCUT2D eigenvalue weighted by Gasteiger charge is 2.46.